The Balaban J connectivity index is 2.10. The van der Waals surface area contributed by atoms with Crippen molar-refractivity contribution in [3.05, 3.63) is 16.4 Å². The van der Waals surface area contributed by atoms with E-state index < -0.39 is 0 Å². The Morgan fingerprint density at radius 3 is 2.63 bits per heavy atom. The average Bonchev–Trinajstić information content (AvgIpc) is 2.66. The van der Waals surface area contributed by atoms with Gasteiger partial charge in [0, 0.05) is 25.0 Å². The van der Waals surface area contributed by atoms with Crippen LogP contribution in [0.4, 0.5) is 0 Å². The maximum absolute atomic E-state index is 6.46. The van der Waals surface area contributed by atoms with Crippen LogP contribution < -0.4 is 0 Å². The smallest absolute Gasteiger partial charge is 0.0863 e. The van der Waals surface area contributed by atoms with Crippen LogP contribution in [0.1, 0.15) is 44.0 Å². The van der Waals surface area contributed by atoms with Gasteiger partial charge in [-0.25, -0.2) is 0 Å². The van der Waals surface area contributed by atoms with Crippen LogP contribution in [0, 0.1) is 0 Å². The van der Waals surface area contributed by atoms with Crippen LogP contribution in [0.15, 0.2) is 0 Å². The summed E-state index contributed by atoms with van der Waals surface area (Å²) < 4.78 is 1.91. The maximum atomic E-state index is 6.46. The second-order valence-electron chi connectivity index (χ2n) is 5.47. The van der Waals surface area contributed by atoms with Crippen LogP contribution in [0.25, 0.3) is 0 Å². The van der Waals surface area contributed by atoms with Crippen molar-refractivity contribution < 1.29 is 0 Å². The minimum Gasteiger partial charge on any atom is -0.296 e. The van der Waals surface area contributed by atoms with E-state index in [1.165, 1.54) is 19.3 Å². The SMILES string of the molecule is CCc1nn(C)c(CN(C)C2CCCCC2Cl)c1Cl. The molecule has 0 saturated heterocycles. The molecule has 1 saturated carbocycles. The molecule has 1 aliphatic carbocycles. The number of halogens is 2. The third-order valence-electron chi connectivity index (χ3n) is 4.12. The van der Waals surface area contributed by atoms with Crippen molar-refractivity contribution in [2.45, 2.75) is 57.0 Å². The quantitative estimate of drug-likeness (QED) is 0.792. The minimum absolute atomic E-state index is 0.261. The molecule has 0 spiro atoms. The number of rotatable bonds is 4. The van der Waals surface area contributed by atoms with E-state index in [2.05, 4.69) is 24.0 Å². The van der Waals surface area contributed by atoms with E-state index >= 15 is 0 Å². The fourth-order valence-electron chi connectivity index (χ4n) is 2.91. The molecule has 1 fully saturated rings. The van der Waals surface area contributed by atoms with E-state index in [1.807, 2.05) is 11.7 Å². The standard InChI is InChI=1S/C14H23Cl2N3/c1-4-11-14(16)13(19(3)17-11)9-18(2)12-8-6-5-7-10(12)15/h10,12H,4-9H2,1-3H3. The highest BCUT2D eigenvalue weighted by Gasteiger charge is 2.27. The molecule has 0 aromatic carbocycles. The summed E-state index contributed by atoms with van der Waals surface area (Å²) in [6, 6.07) is 0.450. The van der Waals surface area contributed by atoms with Crippen LogP contribution in [0.3, 0.4) is 0 Å². The lowest BCUT2D eigenvalue weighted by molar-refractivity contribution is 0.184. The fraction of sp³-hybridized carbons (Fsp3) is 0.786. The molecule has 1 aliphatic rings. The van der Waals surface area contributed by atoms with Crippen LogP contribution in [-0.2, 0) is 20.0 Å². The number of hydrogen-bond acceptors (Lipinski definition) is 2. The molecule has 19 heavy (non-hydrogen) atoms. The normalized spacial score (nSPS) is 24.1. The first-order valence-electron chi connectivity index (χ1n) is 7.09. The summed E-state index contributed by atoms with van der Waals surface area (Å²) in [7, 11) is 4.10. The zero-order valence-electron chi connectivity index (χ0n) is 12.0. The Morgan fingerprint density at radius 1 is 1.37 bits per heavy atom. The lowest BCUT2D eigenvalue weighted by Crippen LogP contribution is -2.40. The summed E-state index contributed by atoms with van der Waals surface area (Å²) in [6.45, 7) is 2.90. The van der Waals surface area contributed by atoms with E-state index in [9.17, 15) is 0 Å². The van der Waals surface area contributed by atoms with Gasteiger partial charge in [0.15, 0.2) is 0 Å². The van der Waals surface area contributed by atoms with Crippen molar-refractivity contribution in [2.24, 2.45) is 7.05 Å². The van der Waals surface area contributed by atoms with Crippen LogP contribution in [0.2, 0.25) is 5.02 Å². The molecule has 0 amide bonds. The van der Waals surface area contributed by atoms with Gasteiger partial charge in [0.05, 0.1) is 16.4 Å². The summed E-state index contributed by atoms with van der Waals surface area (Å²) in [5.74, 6) is 0. The Bertz CT molecular complexity index is 431. The third-order valence-corrected chi connectivity index (χ3v) is 5.06. The van der Waals surface area contributed by atoms with Crippen molar-refractivity contribution >= 4 is 23.2 Å². The fourth-order valence-corrected chi connectivity index (χ4v) is 3.73. The number of hydrogen-bond donors (Lipinski definition) is 0. The zero-order valence-corrected chi connectivity index (χ0v) is 13.5. The van der Waals surface area contributed by atoms with Gasteiger partial charge < -0.3 is 0 Å². The van der Waals surface area contributed by atoms with Crippen molar-refractivity contribution in [3.8, 4) is 0 Å². The molecule has 2 rings (SSSR count). The molecule has 2 atom stereocenters. The van der Waals surface area contributed by atoms with Gasteiger partial charge in [-0.15, -0.1) is 11.6 Å². The van der Waals surface area contributed by atoms with Gasteiger partial charge in [0.25, 0.3) is 0 Å². The molecule has 108 valence electrons. The van der Waals surface area contributed by atoms with Crippen molar-refractivity contribution in [1.29, 1.82) is 0 Å². The summed E-state index contributed by atoms with van der Waals surface area (Å²) in [4.78, 5) is 2.33. The highest BCUT2D eigenvalue weighted by Crippen LogP contribution is 2.29. The van der Waals surface area contributed by atoms with Gasteiger partial charge in [-0.3, -0.25) is 9.58 Å². The predicted octanol–water partition coefficient (Wildman–Crippen LogP) is 3.62. The van der Waals surface area contributed by atoms with E-state index in [-0.39, 0.29) is 5.38 Å². The largest absolute Gasteiger partial charge is 0.296 e. The lowest BCUT2D eigenvalue weighted by Gasteiger charge is -2.34. The van der Waals surface area contributed by atoms with Crippen molar-refractivity contribution in [2.75, 3.05) is 7.05 Å². The van der Waals surface area contributed by atoms with Gasteiger partial charge >= 0.3 is 0 Å². The molecule has 1 aromatic heterocycles. The van der Waals surface area contributed by atoms with Gasteiger partial charge in [0.2, 0.25) is 0 Å². The van der Waals surface area contributed by atoms with Crippen LogP contribution in [0.5, 0.6) is 0 Å². The molecular weight excluding hydrogens is 281 g/mol. The van der Waals surface area contributed by atoms with Gasteiger partial charge in [-0.05, 0) is 26.3 Å². The van der Waals surface area contributed by atoms with E-state index in [4.69, 9.17) is 23.2 Å². The molecule has 1 aromatic rings. The lowest BCUT2D eigenvalue weighted by atomic mass is 9.94. The van der Waals surface area contributed by atoms with Crippen LogP contribution >= 0.6 is 23.2 Å². The first-order chi connectivity index (χ1) is 9.04. The van der Waals surface area contributed by atoms with Crippen molar-refractivity contribution in [1.82, 2.24) is 14.7 Å². The number of aryl methyl sites for hydroxylation is 2. The second-order valence-corrected chi connectivity index (χ2v) is 6.41. The summed E-state index contributed by atoms with van der Waals surface area (Å²) >= 11 is 12.9. The molecule has 5 heteroatoms. The minimum atomic E-state index is 0.261. The van der Waals surface area contributed by atoms with Gasteiger partial charge in [0.1, 0.15) is 0 Å². The summed E-state index contributed by atoms with van der Waals surface area (Å²) in [5.41, 5.74) is 2.08. The Kier molecular flexibility index (Phi) is 5.15. The topological polar surface area (TPSA) is 21.1 Å². The van der Waals surface area contributed by atoms with E-state index in [0.717, 1.165) is 35.8 Å². The van der Waals surface area contributed by atoms with E-state index in [0.29, 0.717) is 6.04 Å². The Labute approximate surface area is 125 Å². The first-order valence-corrected chi connectivity index (χ1v) is 7.90. The molecule has 0 aliphatic heterocycles. The highest BCUT2D eigenvalue weighted by molar-refractivity contribution is 6.31. The molecule has 0 bridgehead atoms. The van der Waals surface area contributed by atoms with Gasteiger partial charge in [-0.1, -0.05) is 31.4 Å². The molecular formula is C14H23Cl2N3. The molecule has 3 nitrogen and oxygen atoms in total. The molecule has 0 radical (unpaired) electrons. The first kappa shape index (κ1) is 15.1. The second kappa shape index (κ2) is 6.47. The van der Waals surface area contributed by atoms with E-state index in [1.54, 1.807) is 0 Å². The maximum Gasteiger partial charge on any atom is 0.0863 e. The molecule has 0 N–H and O–H groups in total. The Morgan fingerprint density at radius 2 is 2.05 bits per heavy atom. The zero-order chi connectivity index (χ0) is 14.0. The summed E-state index contributed by atoms with van der Waals surface area (Å²) in [5, 5.41) is 5.55. The average molecular weight is 304 g/mol. The highest BCUT2D eigenvalue weighted by atomic mass is 35.5. The number of alkyl halides is 1. The summed E-state index contributed by atoms with van der Waals surface area (Å²) in [6.07, 6.45) is 5.71. The number of nitrogens with zero attached hydrogens (tertiary/aromatic N) is 3. The predicted molar refractivity (Wildman–Crippen MR) is 81.0 cm³/mol. The monoisotopic (exact) mass is 303 g/mol. The third kappa shape index (κ3) is 3.26. The molecule has 1 heterocycles. The Hall–Kier alpha value is -0.250. The van der Waals surface area contributed by atoms with Gasteiger partial charge in [-0.2, -0.15) is 5.10 Å². The van der Waals surface area contributed by atoms with Crippen LogP contribution in [-0.4, -0.2) is 33.1 Å². The molecule has 2 unspecified atom stereocenters. The van der Waals surface area contributed by atoms with Crippen molar-refractivity contribution in [3.63, 3.8) is 0 Å². The number of aromatic nitrogens is 2.